The van der Waals surface area contributed by atoms with E-state index in [2.05, 4.69) is 49.3 Å². The maximum atomic E-state index is 6.26. The van der Waals surface area contributed by atoms with Crippen LogP contribution in [0.1, 0.15) is 53.4 Å². The highest BCUT2D eigenvalue weighted by Gasteiger charge is 2.54. The van der Waals surface area contributed by atoms with Gasteiger partial charge in [-0.3, -0.25) is 0 Å². The molecule has 1 saturated heterocycles. The Labute approximate surface area is 142 Å². The Morgan fingerprint density at radius 3 is 2.70 bits per heavy atom. The lowest BCUT2D eigenvalue weighted by atomic mass is 9.72. The van der Waals surface area contributed by atoms with Gasteiger partial charge in [0, 0.05) is 6.04 Å². The number of nitrogens with one attached hydrogen (secondary N) is 1. The first-order valence-electron chi connectivity index (χ1n) is 8.23. The highest BCUT2D eigenvalue weighted by molar-refractivity contribution is 7.18. The summed E-state index contributed by atoms with van der Waals surface area (Å²) in [6.07, 6.45) is 6.10. The van der Waals surface area contributed by atoms with Gasteiger partial charge in [-0.2, -0.15) is 0 Å². The highest BCUT2D eigenvalue weighted by Crippen LogP contribution is 2.42. The van der Waals surface area contributed by atoms with E-state index >= 15 is 0 Å². The van der Waals surface area contributed by atoms with Crippen molar-refractivity contribution in [1.29, 1.82) is 0 Å². The minimum absolute atomic E-state index is 0.215. The predicted octanol–water partition coefficient (Wildman–Crippen LogP) is 3.03. The minimum atomic E-state index is -0.271. The Morgan fingerprint density at radius 1 is 1.39 bits per heavy atom. The number of hydrogen-bond acceptors (Lipinski definition) is 7. The Balaban J connectivity index is 1.61. The van der Waals surface area contributed by atoms with Gasteiger partial charge in [0.15, 0.2) is 0 Å². The quantitative estimate of drug-likeness (QED) is 0.823. The minimum Gasteiger partial charge on any atom is -0.400 e. The lowest BCUT2D eigenvalue weighted by molar-refractivity contribution is -0.0118. The van der Waals surface area contributed by atoms with Gasteiger partial charge in [0.25, 0.3) is 0 Å². The molecule has 0 saturated carbocycles. The van der Waals surface area contributed by atoms with Crippen LogP contribution in [0.15, 0.2) is 11.5 Å². The zero-order valence-corrected chi connectivity index (χ0v) is 15.1. The summed E-state index contributed by atoms with van der Waals surface area (Å²) in [5, 5.41) is 12.5. The molecule has 0 radical (unpaired) electrons. The fraction of sp³-hybridized carbons (Fsp3) is 0.733. The summed E-state index contributed by atoms with van der Waals surface area (Å²) in [6.45, 7) is 8.52. The Kier molecular flexibility index (Phi) is 4.42. The number of rotatable bonds is 4. The van der Waals surface area contributed by atoms with Gasteiger partial charge in [0.1, 0.15) is 0 Å². The summed E-state index contributed by atoms with van der Waals surface area (Å²) in [6, 6.07) is 0.359. The van der Waals surface area contributed by atoms with Gasteiger partial charge in [-0.25, -0.2) is 0 Å². The van der Waals surface area contributed by atoms with Crippen LogP contribution in [-0.2, 0) is 9.31 Å². The second-order valence-corrected chi connectivity index (χ2v) is 8.01. The molecule has 0 aromatic carbocycles. The standard InChI is InChI=1S/C15H25BN4O2S/c1-5-15(4)14(2,3)21-16(22-15)10-6-8-11(9-7-10)18-13-20-19-12(17)23-13/h6,11H,5,7-9H2,1-4H3,(H2,17,19)(H,18,20). The lowest BCUT2D eigenvalue weighted by Crippen LogP contribution is -2.44. The number of hydrogen-bond donors (Lipinski definition) is 2. The average molecular weight is 336 g/mol. The molecule has 2 unspecified atom stereocenters. The second kappa shape index (κ2) is 6.07. The molecule has 1 aromatic heterocycles. The van der Waals surface area contributed by atoms with Crippen LogP contribution in [-0.4, -0.2) is 34.6 Å². The molecule has 3 N–H and O–H groups in total. The number of allylic oxidation sites excluding steroid dienone is 1. The average Bonchev–Trinajstić information content (AvgIpc) is 3.01. The number of nitrogens with two attached hydrogens (primary N) is 1. The first kappa shape index (κ1) is 16.7. The monoisotopic (exact) mass is 336 g/mol. The van der Waals surface area contributed by atoms with Crippen molar-refractivity contribution in [2.45, 2.75) is 70.6 Å². The van der Waals surface area contributed by atoms with Gasteiger partial charge in [0.05, 0.1) is 11.2 Å². The van der Waals surface area contributed by atoms with Crippen molar-refractivity contribution in [1.82, 2.24) is 10.2 Å². The molecule has 1 aliphatic carbocycles. The zero-order valence-electron chi connectivity index (χ0n) is 14.3. The largest absolute Gasteiger partial charge is 0.490 e. The first-order chi connectivity index (χ1) is 10.8. The molecule has 2 heterocycles. The lowest BCUT2D eigenvalue weighted by Gasteiger charge is -2.35. The number of nitrogen functional groups attached to an aromatic ring is 1. The third-order valence-corrected chi connectivity index (χ3v) is 5.92. The number of anilines is 2. The van der Waals surface area contributed by atoms with E-state index in [9.17, 15) is 0 Å². The van der Waals surface area contributed by atoms with E-state index in [0.29, 0.717) is 11.2 Å². The molecule has 0 amide bonds. The summed E-state index contributed by atoms with van der Waals surface area (Å²) < 4.78 is 12.5. The number of aromatic nitrogens is 2. The van der Waals surface area contributed by atoms with E-state index in [4.69, 9.17) is 15.0 Å². The molecule has 0 spiro atoms. The highest BCUT2D eigenvalue weighted by atomic mass is 32.1. The second-order valence-electron chi connectivity index (χ2n) is 7.00. The Hall–Kier alpha value is -1.12. The SMILES string of the molecule is CCC1(C)OB(C2=CCC(Nc3nnc(N)s3)CC2)OC1(C)C. The predicted molar refractivity (Wildman–Crippen MR) is 94.4 cm³/mol. The van der Waals surface area contributed by atoms with Crippen LogP contribution in [0, 0.1) is 0 Å². The molecule has 8 heteroatoms. The van der Waals surface area contributed by atoms with E-state index in [1.165, 1.54) is 16.8 Å². The molecule has 2 atom stereocenters. The molecule has 1 aliphatic heterocycles. The van der Waals surface area contributed by atoms with E-state index in [0.717, 1.165) is 30.8 Å². The normalized spacial score (nSPS) is 30.3. The van der Waals surface area contributed by atoms with Crippen LogP contribution in [0.4, 0.5) is 10.3 Å². The third kappa shape index (κ3) is 3.25. The van der Waals surface area contributed by atoms with Crippen LogP contribution in [0.3, 0.4) is 0 Å². The van der Waals surface area contributed by atoms with E-state index in [1.807, 2.05) is 0 Å². The summed E-state index contributed by atoms with van der Waals surface area (Å²) in [4.78, 5) is 0. The molecule has 0 bridgehead atoms. The Morgan fingerprint density at radius 2 is 2.17 bits per heavy atom. The van der Waals surface area contributed by atoms with Crippen molar-refractivity contribution in [2.24, 2.45) is 0 Å². The van der Waals surface area contributed by atoms with E-state index in [-0.39, 0.29) is 18.3 Å². The van der Waals surface area contributed by atoms with Gasteiger partial charge in [-0.1, -0.05) is 24.3 Å². The van der Waals surface area contributed by atoms with Gasteiger partial charge >= 0.3 is 7.12 Å². The maximum absolute atomic E-state index is 6.26. The van der Waals surface area contributed by atoms with Crippen LogP contribution in [0.5, 0.6) is 0 Å². The van der Waals surface area contributed by atoms with Gasteiger partial charge in [-0.05, 0) is 51.9 Å². The summed E-state index contributed by atoms with van der Waals surface area (Å²) in [5.41, 5.74) is 6.36. The molecule has 1 aromatic rings. The molecular weight excluding hydrogens is 311 g/mol. The molecule has 2 aliphatic rings. The Bertz CT molecular complexity index is 606. The van der Waals surface area contributed by atoms with Crippen molar-refractivity contribution in [3.63, 3.8) is 0 Å². The zero-order chi connectivity index (χ0) is 16.7. The molecule has 126 valence electrons. The molecule has 1 fully saturated rings. The maximum Gasteiger partial charge on any atom is 0.490 e. The van der Waals surface area contributed by atoms with Crippen molar-refractivity contribution in [3.05, 3.63) is 11.5 Å². The van der Waals surface area contributed by atoms with Crippen molar-refractivity contribution in [3.8, 4) is 0 Å². The molecule has 23 heavy (non-hydrogen) atoms. The van der Waals surface area contributed by atoms with Crippen molar-refractivity contribution < 1.29 is 9.31 Å². The van der Waals surface area contributed by atoms with Gasteiger partial charge in [0.2, 0.25) is 10.3 Å². The third-order valence-electron chi connectivity index (χ3n) is 5.23. The topological polar surface area (TPSA) is 82.3 Å². The fourth-order valence-electron chi connectivity index (χ4n) is 3.12. The number of nitrogens with zero attached hydrogens (tertiary/aromatic N) is 2. The van der Waals surface area contributed by atoms with E-state index in [1.54, 1.807) is 0 Å². The van der Waals surface area contributed by atoms with E-state index < -0.39 is 0 Å². The fourth-order valence-corrected chi connectivity index (χ4v) is 3.71. The van der Waals surface area contributed by atoms with Gasteiger partial charge < -0.3 is 20.4 Å². The van der Waals surface area contributed by atoms with Gasteiger partial charge in [-0.15, -0.1) is 10.2 Å². The van der Waals surface area contributed by atoms with Crippen LogP contribution in [0.25, 0.3) is 0 Å². The summed E-state index contributed by atoms with van der Waals surface area (Å²) in [5.74, 6) is 0. The van der Waals surface area contributed by atoms with Crippen LogP contribution >= 0.6 is 11.3 Å². The molecule has 6 nitrogen and oxygen atoms in total. The van der Waals surface area contributed by atoms with Crippen molar-refractivity contribution >= 4 is 28.7 Å². The molecular formula is C15H25BN4O2S. The van der Waals surface area contributed by atoms with Crippen LogP contribution in [0.2, 0.25) is 0 Å². The van der Waals surface area contributed by atoms with Crippen molar-refractivity contribution in [2.75, 3.05) is 11.1 Å². The summed E-state index contributed by atoms with van der Waals surface area (Å²) in [7, 11) is -0.215. The first-order valence-corrected chi connectivity index (χ1v) is 9.05. The summed E-state index contributed by atoms with van der Waals surface area (Å²) >= 11 is 1.38. The van der Waals surface area contributed by atoms with Crippen LogP contribution < -0.4 is 11.1 Å². The molecule has 3 rings (SSSR count). The smallest absolute Gasteiger partial charge is 0.400 e.